The van der Waals surface area contributed by atoms with Crippen LogP contribution >= 0.6 is 34.5 Å². The van der Waals surface area contributed by atoms with Gasteiger partial charge in [-0.05, 0) is 38.3 Å². The van der Waals surface area contributed by atoms with Gasteiger partial charge in [0.1, 0.15) is 0 Å². The second-order valence-electron chi connectivity index (χ2n) is 4.84. The molecule has 3 nitrogen and oxygen atoms in total. The van der Waals surface area contributed by atoms with E-state index in [1.165, 1.54) is 11.3 Å². The molecule has 1 aromatic rings. The summed E-state index contributed by atoms with van der Waals surface area (Å²) in [6, 6.07) is 1.86. The molecule has 1 aromatic heterocycles. The number of carbonyl (C=O) groups excluding carboxylic acids is 1. The third-order valence-electron chi connectivity index (χ3n) is 2.57. The zero-order valence-corrected chi connectivity index (χ0v) is 12.9. The predicted molar refractivity (Wildman–Crippen MR) is 78.6 cm³/mol. The molecule has 3 N–H and O–H groups in total. The molecule has 0 aliphatic rings. The molecule has 102 valence electrons. The summed E-state index contributed by atoms with van der Waals surface area (Å²) in [5.41, 5.74) is 6.22. The Bertz CT molecular complexity index is 418. The second-order valence-corrected chi connectivity index (χ2v) is 7.12. The molecule has 0 aromatic carbocycles. The van der Waals surface area contributed by atoms with Crippen LogP contribution < -0.4 is 11.1 Å². The summed E-state index contributed by atoms with van der Waals surface area (Å²) >= 11 is 13.2. The molecule has 6 heteroatoms. The fourth-order valence-electron chi connectivity index (χ4n) is 1.48. The molecule has 18 heavy (non-hydrogen) atoms. The summed E-state index contributed by atoms with van der Waals surface area (Å²) in [4.78, 5) is 11.7. The number of rotatable bonds is 6. The van der Waals surface area contributed by atoms with E-state index in [4.69, 9.17) is 28.9 Å². The van der Waals surface area contributed by atoms with Crippen molar-refractivity contribution in [3.05, 3.63) is 20.3 Å². The molecule has 0 unspecified atom stereocenters. The lowest BCUT2D eigenvalue weighted by molar-refractivity contribution is -0.122. The van der Waals surface area contributed by atoms with Crippen molar-refractivity contribution in [1.82, 2.24) is 5.32 Å². The van der Waals surface area contributed by atoms with E-state index < -0.39 is 0 Å². The molecule has 0 saturated heterocycles. The quantitative estimate of drug-likeness (QED) is 0.847. The van der Waals surface area contributed by atoms with Crippen molar-refractivity contribution < 1.29 is 4.79 Å². The standard InChI is InChI=1S/C12H18Cl2N2OS/c1-12(2,7-15)16-10(17)5-3-4-8-6-9(13)18-11(8)14/h6H,3-5,7,15H2,1-2H3,(H,16,17). The number of halogens is 2. The van der Waals surface area contributed by atoms with E-state index in [0.29, 0.717) is 21.6 Å². The normalized spacial score (nSPS) is 11.6. The van der Waals surface area contributed by atoms with E-state index in [-0.39, 0.29) is 11.4 Å². The summed E-state index contributed by atoms with van der Waals surface area (Å²) in [5, 5.41) is 2.89. The highest BCUT2D eigenvalue weighted by molar-refractivity contribution is 7.20. The average Bonchev–Trinajstić information content (AvgIpc) is 2.57. The zero-order chi connectivity index (χ0) is 13.8. The number of hydrogen-bond acceptors (Lipinski definition) is 3. The van der Waals surface area contributed by atoms with Gasteiger partial charge in [-0.1, -0.05) is 23.2 Å². The maximum absolute atomic E-state index is 11.7. The Kier molecular flexibility index (Phi) is 5.92. The molecule has 0 aliphatic heterocycles. The van der Waals surface area contributed by atoms with Crippen molar-refractivity contribution >= 4 is 40.4 Å². The highest BCUT2D eigenvalue weighted by Gasteiger charge is 2.17. The molecule has 1 amide bonds. The number of nitrogens with two attached hydrogens (primary N) is 1. The monoisotopic (exact) mass is 308 g/mol. The number of thiophene rings is 1. The number of amides is 1. The minimum Gasteiger partial charge on any atom is -0.350 e. The number of aryl methyl sites for hydroxylation is 1. The highest BCUT2D eigenvalue weighted by Crippen LogP contribution is 2.31. The minimum absolute atomic E-state index is 0.0166. The van der Waals surface area contributed by atoms with E-state index >= 15 is 0 Å². The third-order valence-corrected chi connectivity index (χ3v) is 4.13. The molecular formula is C12H18Cl2N2OS. The Morgan fingerprint density at radius 2 is 2.17 bits per heavy atom. The second kappa shape index (κ2) is 6.75. The summed E-state index contributed by atoms with van der Waals surface area (Å²) in [7, 11) is 0. The summed E-state index contributed by atoms with van der Waals surface area (Å²) in [5.74, 6) is 0.0166. The first-order chi connectivity index (χ1) is 8.34. The molecule has 0 radical (unpaired) electrons. The molecule has 1 rings (SSSR count). The van der Waals surface area contributed by atoms with Crippen LogP contribution in [0, 0.1) is 0 Å². The fraction of sp³-hybridized carbons (Fsp3) is 0.583. The van der Waals surface area contributed by atoms with E-state index in [1.54, 1.807) is 0 Å². The van der Waals surface area contributed by atoms with Crippen LogP contribution in [0.5, 0.6) is 0 Å². The topological polar surface area (TPSA) is 55.1 Å². The van der Waals surface area contributed by atoms with Crippen LogP contribution in [-0.4, -0.2) is 18.0 Å². The summed E-state index contributed by atoms with van der Waals surface area (Å²) in [6.07, 6.45) is 1.98. The first-order valence-electron chi connectivity index (χ1n) is 5.79. The van der Waals surface area contributed by atoms with Crippen LogP contribution in [0.2, 0.25) is 8.67 Å². The van der Waals surface area contributed by atoms with Gasteiger partial charge in [-0.3, -0.25) is 4.79 Å². The largest absolute Gasteiger partial charge is 0.350 e. The van der Waals surface area contributed by atoms with E-state index in [1.807, 2.05) is 19.9 Å². The van der Waals surface area contributed by atoms with Crippen LogP contribution in [0.25, 0.3) is 0 Å². The van der Waals surface area contributed by atoms with Gasteiger partial charge in [0, 0.05) is 18.5 Å². The van der Waals surface area contributed by atoms with Crippen molar-refractivity contribution in [2.75, 3.05) is 6.54 Å². The zero-order valence-electron chi connectivity index (χ0n) is 10.6. The van der Waals surface area contributed by atoms with Crippen LogP contribution in [0.3, 0.4) is 0 Å². The first-order valence-corrected chi connectivity index (χ1v) is 7.36. The van der Waals surface area contributed by atoms with Gasteiger partial charge in [0.2, 0.25) is 5.91 Å². The van der Waals surface area contributed by atoms with Crippen molar-refractivity contribution in [1.29, 1.82) is 0 Å². The van der Waals surface area contributed by atoms with Crippen molar-refractivity contribution in [3.63, 3.8) is 0 Å². The first kappa shape index (κ1) is 15.8. The molecule has 0 saturated carbocycles. The minimum atomic E-state index is -0.347. The van der Waals surface area contributed by atoms with Gasteiger partial charge in [0.15, 0.2) is 0 Å². The maximum atomic E-state index is 11.7. The highest BCUT2D eigenvalue weighted by atomic mass is 35.5. The predicted octanol–water partition coefficient (Wildman–Crippen LogP) is 3.23. The van der Waals surface area contributed by atoms with Crippen LogP contribution in [0.1, 0.15) is 32.3 Å². The Hall–Kier alpha value is -0.290. The van der Waals surface area contributed by atoms with Crippen LogP contribution in [-0.2, 0) is 11.2 Å². The van der Waals surface area contributed by atoms with Gasteiger partial charge in [0.25, 0.3) is 0 Å². The van der Waals surface area contributed by atoms with Crippen molar-refractivity contribution in [2.24, 2.45) is 5.73 Å². The SMILES string of the molecule is CC(C)(CN)NC(=O)CCCc1cc(Cl)sc1Cl. The number of carbonyl (C=O) groups is 1. The van der Waals surface area contributed by atoms with E-state index in [2.05, 4.69) is 5.32 Å². The van der Waals surface area contributed by atoms with Crippen molar-refractivity contribution in [2.45, 2.75) is 38.6 Å². The lowest BCUT2D eigenvalue weighted by Crippen LogP contribution is -2.48. The number of nitrogens with one attached hydrogen (secondary N) is 1. The Morgan fingerprint density at radius 3 is 2.67 bits per heavy atom. The van der Waals surface area contributed by atoms with Gasteiger partial charge in [-0.15, -0.1) is 11.3 Å². The van der Waals surface area contributed by atoms with E-state index in [9.17, 15) is 4.79 Å². The van der Waals surface area contributed by atoms with Crippen LogP contribution in [0.4, 0.5) is 0 Å². The average molecular weight is 309 g/mol. The molecule has 1 heterocycles. The van der Waals surface area contributed by atoms with Gasteiger partial charge in [0.05, 0.1) is 8.67 Å². The Morgan fingerprint density at radius 1 is 1.50 bits per heavy atom. The fourth-order valence-corrected chi connectivity index (χ4v) is 3.02. The Balaban J connectivity index is 2.34. The lowest BCUT2D eigenvalue weighted by atomic mass is 10.1. The third kappa shape index (κ3) is 5.14. The van der Waals surface area contributed by atoms with Crippen molar-refractivity contribution in [3.8, 4) is 0 Å². The van der Waals surface area contributed by atoms with Gasteiger partial charge < -0.3 is 11.1 Å². The van der Waals surface area contributed by atoms with Gasteiger partial charge in [-0.25, -0.2) is 0 Å². The Labute approximate surface area is 122 Å². The molecule has 0 atom stereocenters. The number of hydrogen-bond donors (Lipinski definition) is 2. The molecule has 0 fully saturated rings. The molecule has 0 aliphatic carbocycles. The van der Waals surface area contributed by atoms with E-state index in [0.717, 1.165) is 18.4 Å². The molecule has 0 bridgehead atoms. The molecule has 0 spiro atoms. The van der Waals surface area contributed by atoms with Gasteiger partial charge in [-0.2, -0.15) is 0 Å². The lowest BCUT2D eigenvalue weighted by Gasteiger charge is -2.24. The summed E-state index contributed by atoms with van der Waals surface area (Å²) < 4.78 is 1.39. The summed E-state index contributed by atoms with van der Waals surface area (Å²) in [6.45, 7) is 4.23. The molecular weight excluding hydrogens is 291 g/mol. The van der Waals surface area contributed by atoms with Gasteiger partial charge >= 0.3 is 0 Å². The van der Waals surface area contributed by atoms with Crippen LogP contribution in [0.15, 0.2) is 6.07 Å². The maximum Gasteiger partial charge on any atom is 0.220 e. The smallest absolute Gasteiger partial charge is 0.220 e.